The summed E-state index contributed by atoms with van der Waals surface area (Å²) in [6.07, 6.45) is 2.71. The van der Waals surface area contributed by atoms with E-state index in [1.54, 1.807) is 23.2 Å². The maximum atomic E-state index is 13.6. The van der Waals surface area contributed by atoms with Crippen molar-refractivity contribution in [2.75, 3.05) is 26.2 Å². The number of alkyl halides is 1. The molecule has 5 nitrogen and oxygen atoms in total. The molecule has 1 fully saturated rings. The number of benzene rings is 1. The van der Waals surface area contributed by atoms with Crippen LogP contribution in [0.2, 0.25) is 0 Å². The zero-order valence-corrected chi connectivity index (χ0v) is 19.6. The summed E-state index contributed by atoms with van der Waals surface area (Å²) in [5.41, 5.74) is 3.49. The summed E-state index contributed by atoms with van der Waals surface area (Å²) in [7, 11) is 0. The summed E-state index contributed by atoms with van der Waals surface area (Å²) in [5, 5.41) is 1.43. The van der Waals surface area contributed by atoms with E-state index in [9.17, 15) is 9.59 Å². The fourth-order valence-corrected chi connectivity index (χ4v) is 5.63. The number of carbonyl (C=O) groups excluding carboxylic acids is 2. The van der Waals surface area contributed by atoms with Crippen LogP contribution >= 0.6 is 22.9 Å². The molecule has 0 radical (unpaired) electrons. The molecule has 0 N–H and O–H groups in total. The van der Waals surface area contributed by atoms with Gasteiger partial charge in [-0.3, -0.25) is 9.59 Å². The average molecular weight is 461 g/mol. The Bertz CT molecular complexity index is 938. The molecule has 1 aromatic carbocycles. The highest BCUT2D eigenvalue weighted by Crippen LogP contribution is 2.39. The van der Waals surface area contributed by atoms with Gasteiger partial charge in [-0.1, -0.05) is 24.3 Å². The minimum Gasteiger partial charge on any atom is -0.376 e. The van der Waals surface area contributed by atoms with Crippen LogP contribution in [0, 0.1) is 6.92 Å². The molecule has 7 heteroatoms. The summed E-state index contributed by atoms with van der Waals surface area (Å²) in [5.74, 6) is -0.264. The maximum absolute atomic E-state index is 13.6. The lowest BCUT2D eigenvalue weighted by Gasteiger charge is -2.38. The van der Waals surface area contributed by atoms with E-state index < -0.39 is 5.38 Å². The number of nitrogens with zero attached hydrogens (tertiary/aromatic N) is 2. The van der Waals surface area contributed by atoms with Crippen LogP contribution in [0.1, 0.15) is 47.4 Å². The number of thiophene rings is 1. The molecule has 0 saturated carbocycles. The molecule has 2 aromatic rings. The quantitative estimate of drug-likeness (QED) is 0.608. The van der Waals surface area contributed by atoms with Gasteiger partial charge in [0.25, 0.3) is 0 Å². The molecule has 3 heterocycles. The van der Waals surface area contributed by atoms with E-state index in [0.717, 1.165) is 30.4 Å². The molecule has 2 aliphatic heterocycles. The largest absolute Gasteiger partial charge is 0.376 e. The molecule has 0 aliphatic carbocycles. The van der Waals surface area contributed by atoms with E-state index in [1.807, 2.05) is 17.0 Å². The average Bonchev–Trinajstić information content (AvgIpc) is 3.44. The Hall–Kier alpha value is -1.89. The standard InChI is InChI=1S/C24H29ClN2O3S/c1-16-6-3-4-8-19(16)23-20-10-13-31-21(20)9-11-27(23)22(28)15-26(24(29)17(2)25)14-18-7-5-12-30-18/h3-4,6,8,10,13,17-18,23H,5,7,9,11-12,14-15H2,1-2H3. The van der Waals surface area contributed by atoms with E-state index >= 15 is 0 Å². The molecular weight excluding hydrogens is 432 g/mol. The molecule has 0 bridgehead atoms. The third-order valence-corrected chi connectivity index (χ3v) is 7.38. The Morgan fingerprint density at radius 2 is 2.10 bits per heavy atom. The molecule has 1 aromatic heterocycles. The molecule has 3 unspecified atom stereocenters. The first-order valence-electron chi connectivity index (χ1n) is 10.9. The first-order chi connectivity index (χ1) is 15.0. The lowest BCUT2D eigenvalue weighted by molar-refractivity contribution is -0.142. The lowest BCUT2D eigenvalue weighted by atomic mass is 9.90. The van der Waals surface area contributed by atoms with Crippen LogP contribution in [0.4, 0.5) is 0 Å². The monoisotopic (exact) mass is 460 g/mol. The number of amides is 2. The van der Waals surface area contributed by atoms with Crippen molar-refractivity contribution in [3.05, 3.63) is 57.3 Å². The van der Waals surface area contributed by atoms with Crippen molar-refractivity contribution in [1.29, 1.82) is 0 Å². The SMILES string of the molecule is Cc1ccccc1C1c2ccsc2CCN1C(=O)CN(CC1CCCO1)C(=O)C(C)Cl. The number of halogens is 1. The Morgan fingerprint density at radius 1 is 1.29 bits per heavy atom. The third-order valence-electron chi connectivity index (χ3n) is 6.20. The van der Waals surface area contributed by atoms with Crippen LogP contribution in [0.15, 0.2) is 35.7 Å². The molecule has 2 amide bonds. The Kier molecular flexibility index (Phi) is 6.99. The zero-order chi connectivity index (χ0) is 22.0. The summed E-state index contributed by atoms with van der Waals surface area (Å²) >= 11 is 7.87. The summed E-state index contributed by atoms with van der Waals surface area (Å²) < 4.78 is 5.72. The van der Waals surface area contributed by atoms with Gasteiger partial charge in [0, 0.05) is 24.6 Å². The minimum atomic E-state index is -0.675. The molecule has 0 spiro atoms. The van der Waals surface area contributed by atoms with Gasteiger partial charge in [0.15, 0.2) is 0 Å². The minimum absolute atomic E-state index is 0.0239. The van der Waals surface area contributed by atoms with E-state index in [1.165, 1.54) is 10.4 Å². The van der Waals surface area contributed by atoms with Crippen LogP contribution in [0.3, 0.4) is 0 Å². The van der Waals surface area contributed by atoms with Crippen LogP contribution < -0.4 is 0 Å². The van der Waals surface area contributed by atoms with Crippen molar-refractivity contribution < 1.29 is 14.3 Å². The van der Waals surface area contributed by atoms with Gasteiger partial charge in [-0.05, 0) is 61.2 Å². The number of carbonyl (C=O) groups is 2. The molecule has 3 atom stereocenters. The maximum Gasteiger partial charge on any atom is 0.242 e. The van der Waals surface area contributed by atoms with Crippen LogP contribution in [-0.2, 0) is 20.7 Å². The highest BCUT2D eigenvalue weighted by Gasteiger charge is 2.35. The van der Waals surface area contributed by atoms with E-state index in [-0.39, 0.29) is 30.5 Å². The van der Waals surface area contributed by atoms with Crippen molar-refractivity contribution in [2.24, 2.45) is 0 Å². The van der Waals surface area contributed by atoms with Crippen molar-refractivity contribution in [3.8, 4) is 0 Å². The van der Waals surface area contributed by atoms with Crippen molar-refractivity contribution >= 4 is 34.8 Å². The summed E-state index contributed by atoms with van der Waals surface area (Å²) in [4.78, 5) is 31.2. The predicted molar refractivity (Wildman–Crippen MR) is 124 cm³/mol. The fraction of sp³-hybridized carbons (Fsp3) is 0.500. The normalized spacial score (nSPS) is 21.6. The number of hydrogen-bond donors (Lipinski definition) is 0. The topological polar surface area (TPSA) is 49.9 Å². The molecule has 31 heavy (non-hydrogen) atoms. The molecular formula is C24H29ClN2O3S. The molecule has 2 aliphatic rings. The Balaban J connectivity index is 1.60. The van der Waals surface area contributed by atoms with Crippen LogP contribution in [-0.4, -0.2) is 59.3 Å². The van der Waals surface area contributed by atoms with E-state index in [4.69, 9.17) is 16.3 Å². The molecule has 4 rings (SSSR count). The number of ether oxygens (including phenoxy) is 1. The number of rotatable bonds is 6. The van der Waals surface area contributed by atoms with Gasteiger partial charge in [0.2, 0.25) is 11.8 Å². The van der Waals surface area contributed by atoms with Gasteiger partial charge >= 0.3 is 0 Å². The van der Waals surface area contributed by atoms with Gasteiger partial charge in [0.05, 0.1) is 18.7 Å². The zero-order valence-electron chi connectivity index (χ0n) is 18.1. The third kappa shape index (κ3) is 4.81. The lowest BCUT2D eigenvalue weighted by Crippen LogP contribution is -2.49. The molecule has 1 saturated heterocycles. The highest BCUT2D eigenvalue weighted by atomic mass is 35.5. The van der Waals surface area contributed by atoms with Gasteiger partial charge in [-0.2, -0.15) is 0 Å². The van der Waals surface area contributed by atoms with Crippen molar-refractivity contribution in [2.45, 2.75) is 50.6 Å². The van der Waals surface area contributed by atoms with Crippen molar-refractivity contribution in [1.82, 2.24) is 9.80 Å². The van der Waals surface area contributed by atoms with Crippen LogP contribution in [0.5, 0.6) is 0 Å². The summed E-state index contributed by atoms with van der Waals surface area (Å²) in [6.45, 7) is 5.53. The second kappa shape index (κ2) is 9.72. The van der Waals surface area contributed by atoms with Gasteiger partial charge in [-0.25, -0.2) is 0 Å². The van der Waals surface area contributed by atoms with Gasteiger partial charge < -0.3 is 14.5 Å². The van der Waals surface area contributed by atoms with Gasteiger partial charge in [0.1, 0.15) is 5.38 Å². The fourth-order valence-electron chi connectivity index (χ4n) is 4.59. The van der Waals surface area contributed by atoms with Crippen molar-refractivity contribution in [3.63, 3.8) is 0 Å². The Labute approximate surface area is 192 Å². The van der Waals surface area contributed by atoms with Crippen LogP contribution in [0.25, 0.3) is 0 Å². The van der Waals surface area contributed by atoms with E-state index in [2.05, 4.69) is 30.5 Å². The van der Waals surface area contributed by atoms with Gasteiger partial charge in [-0.15, -0.1) is 22.9 Å². The smallest absolute Gasteiger partial charge is 0.242 e. The first kappa shape index (κ1) is 22.3. The Morgan fingerprint density at radius 3 is 2.81 bits per heavy atom. The second-order valence-electron chi connectivity index (χ2n) is 8.37. The first-order valence-corrected chi connectivity index (χ1v) is 12.2. The second-order valence-corrected chi connectivity index (χ2v) is 10.0. The molecule has 166 valence electrons. The predicted octanol–water partition coefficient (Wildman–Crippen LogP) is 4.17. The highest BCUT2D eigenvalue weighted by molar-refractivity contribution is 7.10. The number of aryl methyl sites for hydroxylation is 1. The van der Waals surface area contributed by atoms with E-state index in [0.29, 0.717) is 19.7 Å². The number of fused-ring (bicyclic) bond motifs is 1. The summed E-state index contributed by atoms with van der Waals surface area (Å²) in [6, 6.07) is 10.2. The number of hydrogen-bond acceptors (Lipinski definition) is 4.